The van der Waals surface area contributed by atoms with Crippen molar-refractivity contribution in [3.8, 4) is 0 Å². The van der Waals surface area contributed by atoms with Gasteiger partial charge in [0.15, 0.2) is 0 Å². The Morgan fingerprint density at radius 2 is 2.53 bits per heavy atom. The fourth-order valence-corrected chi connectivity index (χ4v) is 2.27. The van der Waals surface area contributed by atoms with Crippen LogP contribution in [0.3, 0.4) is 0 Å². The number of amides is 2. The van der Waals surface area contributed by atoms with E-state index in [0.717, 1.165) is 31.4 Å². The zero-order valence-electron chi connectivity index (χ0n) is 11.6. The number of rotatable bonds is 5. The molecule has 0 aromatic carbocycles. The van der Waals surface area contributed by atoms with Crippen LogP contribution in [0, 0.1) is 0 Å². The van der Waals surface area contributed by atoms with Crippen molar-refractivity contribution in [2.45, 2.75) is 38.3 Å². The molecule has 0 spiro atoms. The second kappa shape index (κ2) is 6.56. The SMILES string of the molecule is C[C@H](NC(=O)NCCc1cnn(C)c1)[C@@H]1CCCO1. The predicted molar refractivity (Wildman–Crippen MR) is 71.9 cm³/mol. The second-order valence-corrected chi connectivity index (χ2v) is 5.01. The maximum atomic E-state index is 11.7. The third kappa shape index (κ3) is 4.24. The molecule has 1 fully saturated rings. The number of hydrogen-bond donors (Lipinski definition) is 2. The molecule has 6 heteroatoms. The molecule has 2 amide bonds. The van der Waals surface area contributed by atoms with Crippen LogP contribution in [0.5, 0.6) is 0 Å². The Morgan fingerprint density at radius 1 is 1.68 bits per heavy atom. The zero-order valence-corrected chi connectivity index (χ0v) is 11.6. The molecule has 0 saturated carbocycles. The molecular weight excluding hydrogens is 244 g/mol. The topological polar surface area (TPSA) is 68.2 Å². The van der Waals surface area contributed by atoms with Gasteiger partial charge in [0, 0.05) is 26.4 Å². The molecule has 2 heterocycles. The van der Waals surface area contributed by atoms with Crippen molar-refractivity contribution in [1.29, 1.82) is 0 Å². The molecule has 0 aliphatic carbocycles. The van der Waals surface area contributed by atoms with E-state index in [1.807, 2.05) is 26.4 Å². The van der Waals surface area contributed by atoms with E-state index in [-0.39, 0.29) is 18.2 Å². The van der Waals surface area contributed by atoms with Gasteiger partial charge in [-0.1, -0.05) is 0 Å². The molecule has 1 aliphatic heterocycles. The first kappa shape index (κ1) is 13.9. The lowest BCUT2D eigenvalue weighted by Gasteiger charge is -2.20. The molecule has 19 heavy (non-hydrogen) atoms. The van der Waals surface area contributed by atoms with Crippen LogP contribution in [0.25, 0.3) is 0 Å². The van der Waals surface area contributed by atoms with Crippen LogP contribution in [0.2, 0.25) is 0 Å². The third-order valence-corrected chi connectivity index (χ3v) is 3.34. The molecule has 2 N–H and O–H groups in total. The highest BCUT2D eigenvalue weighted by atomic mass is 16.5. The smallest absolute Gasteiger partial charge is 0.315 e. The summed E-state index contributed by atoms with van der Waals surface area (Å²) in [6.45, 7) is 3.39. The minimum atomic E-state index is -0.133. The van der Waals surface area contributed by atoms with E-state index in [0.29, 0.717) is 6.54 Å². The minimum Gasteiger partial charge on any atom is -0.376 e. The summed E-state index contributed by atoms with van der Waals surface area (Å²) in [5, 5.41) is 9.86. The second-order valence-electron chi connectivity index (χ2n) is 5.01. The van der Waals surface area contributed by atoms with Crippen molar-refractivity contribution < 1.29 is 9.53 Å². The molecular formula is C13H22N4O2. The van der Waals surface area contributed by atoms with Gasteiger partial charge in [-0.3, -0.25) is 4.68 Å². The standard InChI is InChI=1S/C13H22N4O2/c1-10(12-4-3-7-19-12)16-13(18)14-6-5-11-8-15-17(2)9-11/h8-10,12H,3-7H2,1-2H3,(H2,14,16,18)/t10-,12-/m0/s1. The van der Waals surface area contributed by atoms with Crippen molar-refractivity contribution in [3.63, 3.8) is 0 Å². The Kier molecular flexibility index (Phi) is 4.79. The van der Waals surface area contributed by atoms with Gasteiger partial charge in [0.25, 0.3) is 0 Å². The maximum Gasteiger partial charge on any atom is 0.315 e. The van der Waals surface area contributed by atoms with Crippen LogP contribution in [0.1, 0.15) is 25.3 Å². The lowest BCUT2D eigenvalue weighted by atomic mass is 10.1. The Labute approximate surface area is 113 Å². The van der Waals surface area contributed by atoms with E-state index < -0.39 is 0 Å². The lowest BCUT2D eigenvalue weighted by Crippen LogP contribution is -2.46. The normalized spacial score (nSPS) is 20.2. The first-order valence-corrected chi connectivity index (χ1v) is 6.78. The summed E-state index contributed by atoms with van der Waals surface area (Å²) in [5.41, 5.74) is 1.12. The third-order valence-electron chi connectivity index (χ3n) is 3.34. The number of aryl methyl sites for hydroxylation is 1. The van der Waals surface area contributed by atoms with Crippen molar-refractivity contribution in [2.24, 2.45) is 7.05 Å². The molecule has 0 unspecified atom stereocenters. The highest BCUT2D eigenvalue weighted by Crippen LogP contribution is 2.15. The van der Waals surface area contributed by atoms with Gasteiger partial charge in [-0.05, 0) is 31.7 Å². The van der Waals surface area contributed by atoms with Gasteiger partial charge in [0.2, 0.25) is 0 Å². The Hall–Kier alpha value is -1.56. The first-order chi connectivity index (χ1) is 9.15. The maximum absolute atomic E-state index is 11.7. The summed E-state index contributed by atoms with van der Waals surface area (Å²) in [6, 6.07) is -0.0761. The summed E-state index contributed by atoms with van der Waals surface area (Å²) in [6.07, 6.45) is 6.82. The molecule has 1 aromatic rings. The Balaban J connectivity index is 1.64. The van der Waals surface area contributed by atoms with Crippen LogP contribution < -0.4 is 10.6 Å². The summed E-state index contributed by atoms with van der Waals surface area (Å²) >= 11 is 0. The number of nitrogens with zero attached hydrogens (tertiary/aromatic N) is 2. The largest absolute Gasteiger partial charge is 0.376 e. The van der Waals surface area contributed by atoms with Gasteiger partial charge in [-0.15, -0.1) is 0 Å². The first-order valence-electron chi connectivity index (χ1n) is 6.78. The summed E-state index contributed by atoms with van der Waals surface area (Å²) in [5.74, 6) is 0. The van der Waals surface area contributed by atoms with Crippen molar-refractivity contribution in [2.75, 3.05) is 13.2 Å². The van der Waals surface area contributed by atoms with E-state index >= 15 is 0 Å². The highest BCUT2D eigenvalue weighted by Gasteiger charge is 2.23. The van der Waals surface area contributed by atoms with Gasteiger partial charge in [0.1, 0.15) is 0 Å². The monoisotopic (exact) mass is 266 g/mol. The molecule has 0 bridgehead atoms. The highest BCUT2D eigenvalue weighted by molar-refractivity contribution is 5.74. The summed E-state index contributed by atoms with van der Waals surface area (Å²) in [7, 11) is 1.88. The van der Waals surface area contributed by atoms with Gasteiger partial charge < -0.3 is 15.4 Å². The number of aromatic nitrogens is 2. The molecule has 2 atom stereocenters. The molecule has 2 rings (SSSR count). The number of nitrogens with one attached hydrogen (secondary N) is 2. The molecule has 0 radical (unpaired) electrons. The van der Waals surface area contributed by atoms with Gasteiger partial charge >= 0.3 is 6.03 Å². The van der Waals surface area contributed by atoms with Gasteiger partial charge in [-0.2, -0.15) is 5.10 Å². The van der Waals surface area contributed by atoms with E-state index in [1.54, 1.807) is 4.68 Å². The molecule has 106 valence electrons. The van der Waals surface area contributed by atoms with E-state index in [2.05, 4.69) is 15.7 Å². The summed E-state index contributed by atoms with van der Waals surface area (Å²) in [4.78, 5) is 11.7. The van der Waals surface area contributed by atoms with E-state index in [9.17, 15) is 4.79 Å². The average Bonchev–Trinajstić information content (AvgIpc) is 3.00. The average molecular weight is 266 g/mol. The van der Waals surface area contributed by atoms with Crippen LogP contribution in [-0.2, 0) is 18.2 Å². The van der Waals surface area contributed by atoms with Gasteiger partial charge in [0.05, 0.1) is 18.3 Å². The lowest BCUT2D eigenvalue weighted by molar-refractivity contribution is 0.0860. The van der Waals surface area contributed by atoms with E-state index in [4.69, 9.17) is 4.74 Å². The van der Waals surface area contributed by atoms with Gasteiger partial charge in [-0.25, -0.2) is 4.79 Å². The van der Waals surface area contributed by atoms with Crippen molar-refractivity contribution >= 4 is 6.03 Å². The number of carbonyl (C=O) groups is 1. The quantitative estimate of drug-likeness (QED) is 0.829. The number of hydrogen-bond acceptors (Lipinski definition) is 3. The number of urea groups is 1. The minimum absolute atomic E-state index is 0.0564. The van der Waals surface area contributed by atoms with E-state index in [1.165, 1.54) is 0 Å². The van der Waals surface area contributed by atoms with Crippen LogP contribution in [0.15, 0.2) is 12.4 Å². The molecule has 6 nitrogen and oxygen atoms in total. The van der Waals surface area contributed by atoms with Crippen LogP contribution in [0.4, 0.5) is 4.79 Å². The van der Waals surface area contributed by atoms with Crippen molar-refractivity contribution in [3.05, 3.63) is 18.0 Å². The van der Waals surface area contributed by atoms with Crippen molar-refractivity contribution in [1.82, 2.24) is 20.4 Å². The summed E-state index contributed by atoms with van der Waals surface area (Å²) < 4.78 is 7.30. The molecule has 1 saturated heterocycles. The predicted octanol–water partition coefficient (Wildman–Crippen LogP) is 0.829. The zero-order chi connectivity index (χ0) is 13.7. The molecule has 1 aromatic heterocycles. The number of ether oxygens (including phenoxy) is 1. The fourth-order valence-electron chi connectivity index (χ4n) is 2.27. The fraction of sp³-hybridized carbons (Fsp3) is 0.692. The van der Waals surface area contributed by atoms with Crippen LogP contribution in [-0.4, -0.2) is 41.1 Å². The number of carbonyl (C=O) groups excluding carboxylic acids is 1. The van der Waals surface area contributed by atoms with Crippen LogP contribution >= 0.6 is 0 Å². The Bertz CT molecular complexity index is 413. The Morgan fingerprint density at radius 3 is 3.16 bits per heavy atom. The molecule has 1 aliphatic rings.